The Labute approximate surface area is 142 Å². The number of benzene rings is 1. The Balaban J connectivity index is 1.71. The number of carbonyl (C=O) groups excluding carboxylic acids is 2. The summed E-state index contributed by atoms with van der Waals surface area (Å²) in [6.45, 7) is 0.267. The van der Waals surface area contributed by atoms with Crippen LogP contribution in [0.2, 0.25) is 0 Å². The fourth-order valence-corrected chi connectivity index (χ4v) is 3.55. The van der Waals surface area contributed by atoms with Gasteiger partial charge in [0.05, 0.1) is 11.6 Å². The normalized spacial score (nSPS) is 22.6. The zero-order valence-electron chi connectivity index (χ0n) is 12.4. The number of hydrogen-bond donors (Lipinski definition) is 2. The lowest BCUT2D eigenvalue weighted by Gasteiger charge is -2.38. The average molecular weight is 381 g/mol. The molecule has 7 heteroatoms. The quantitative estimate of drug-likeness (QED) is 0.835. The molecule has 2 N–H and O–H groups in total. The van der Waals surface area contributed by atoms with Gasteiger partial charge in [-0.3, -0.25) is 9.59 Å². The van der Waals surface area contributed by atoms with Crippen molar-refractivity contribution in [3.8, 4) is 0 Å². The van der Waals surface area contributed by atoms with E-state index in [1.165, 1.54) is 0 Å². The van der Waals surface area contributed by atoms with Crippen molar-refractivity contribution in [2.45, 2.75) is 31.2 Å². The highest BCUT2D eigenvalue weighted by Gasteiger charge is 2.47. The second kappa shape index (κ2) is 5.96. The minimum absolute atomic E-state index is 0.100. The van der Waals surface area contributed by atoms with Gasteiger partial charge >= 0.3 is 5.97 Å². The molecule has 1 saturated carbocycles. The zero-order chi connectivity index (χ0) is 16.6. The molecule has 1 unspecified atom stereocenters. The van der Waals surface area contributed by atoms with Gasteiger partial charge in [0.15, 0.2) is 0 Å². The number of amides is 2. The molecule has 6 nitrogen and oxygen atoms in total. The van der Waals surface area contributed by atoms with Crippen LogP contribution in [0.25, 0.3) is 0 Å². The minimum atomic E-state index is -1.14. The summed E-state index contributed by atoms with van der Waals surface area (Å²) in [6, 6.07) is 7.33. The standard InChI is InChI=1S/C16H17BrN2O4/c17-11-4-1-2-5-12(11)19-9-10(8-13(19)20)14(21)18-16(15(22)23)6-3-7-16/h1-2,4-5,10H,3,6-9H2,(H,18,21)(H,22,23). The van der Waals surface area contributed by atoms with Crippen LogP contribution in [0.1, 0.15) is 25.7 Å². The molecule has 1 aliphatic carbocycles. The van der Waals surface area contributed by atoms with Gasteiger partial charge in [-0.15, -0.1) is 0 Å². The van der Waals surface area contributed by atoms with E-state index in [-0.39, 0.29) is 24.8 Å². The highest BCUT2D eigenvalue weighted by Crippen LogP contribution is 2.34. The number of aliphatic carboxylic acids is 1. The minimum Gasteiger partial charge on any atom is -0.480 e. The van der Waals surface area contributed by atoms with Gasteiger partial charge in [-0.1, -0.05) is 12.1 Å². The van der Waals surface area contributed by atoms with Crippen LogP contribution in [0, 0.1) is 5.92 Å². The highest BCUT2D eigenvalue weighted by atomic mass is 79.9. The number of para-hydroxylation sites is 1. The molecule has 3 rings (SSSR count). The fourth-order valence-electron chi connectivity index (χ4n) is 3.05. The number of carbonyl (C=O) groups is 3. The van der Waals surface area contributed by atoms with Gasteiger partial charge in [0.1, 0.15) is 5.54 Å². The Kier molecular flexibility index (Phi) is 4.14. The maximum Gasteiger partial charge on any atom is 0.329 e. The number of rotatable bonds is 4. The SMILES string of the molecule is O=C(NC1(C(=O)O)CCC1)C1CC(=O)N(c2ccccc2Br)C1. The number of carboxylic acid groups (broad SMARTS) is 1. The fraction of sp³-hybridized carbons (Fsp3) is 0.438. The van der Waals surface area contributed by atoms with Crippen LogP contribution in [0.5, 0.6) is 0 Å². The summed E-state index contributed by atoms with van der Waals surface area (Å²) >= 11 is 3.41. The van der Waals surface area contributed by atoms with Crippen molar-refractivity contribution in [2.75, 3.05) is 11.4 Å². The molecule has 1 aromatic rings. The first kappa shape index (κ1) is 16.0. The Bertz CT molecular complexity index is 672. The summed E-state index contributed by atoms with van der Waals surface area (Å²) in [5.41, 5.74) is -0.412. The molecule has 0 aromatic heterocycles. The maximum absolute atomic E-state index is 12.4. The van der Waals surface area contributed by atoms with Crippen molar-refractivity contribution < 1.29 is 19.5 Å². The van der Waals surface area contributed by atoms with Crippen LogP contribution in [0.4, 0.5) is 5.69 Å². The van der Waals surface area contributed by atoms with Crippen LogP contribution in [-0.2, 0) is 14.4 Å². The predicted molar refractivity (Wildman–Crippen MR) is 87.0 cm³/mol. The van der Waals surface area contributed by atoms with Gasteiger partial charge < -0.3 is 15.3 Å². The lowest BCUT2D eigenvalue weighted by atomic mass is 9.76. The third-order valence-electron chi connectivity index (χ3n) is 4.62. The summed E-state index contributed by atoms with van der Waals surface area (Å²) in [5.74, 6) is -2.00. The molecule has 2 aliphatic rings. The van der Waals surface area contributed by atoms with Crippen LogP contribution in [0.3, 0.4) is 0 Å². The topological polar surface area (TPSA) is 86.7 Å². The summed E-state index contributed by atoms with van der Waals surface area (Å²) < 4.78 is 0.787. The van der Waals surface area contributed by atoms with E-state index in [1.807, 2.05) is 24.3 Å². The molecule has 1 atom stereocenters. The molecule has 2 fully saturated rings. The van der Waals surface area contributed by atoms with E-state index in [1.54, 1.807) is 4.90 Å². The molecule has 0 radical (unpaired) electrons. The van der Waals surface area contributed by atoms with Gasteiger partial charge in [0.2, 0.25) is 11.8 Å². The summed E-state index contributed by atoms with van der Waals surface area (Å²) in [5, 5.41) is 11.9. The van der Waals surface area contributed by atoms with E-state index >= 15 is 0 Å². The van der Waals surface area contributed by atoms with E-state index in [0.29, 0.717) is 12.8 Å². The number of nitrogens with one attached hydrogen (secondary N) is 1. The molecule has 1 saturated heterocycles. The molecular weight excluding hydrogens is 364 g/mol. The third-order valence-corrected chi connectivity index (χ3v) is 5.29. The largest absolute Gasteiger partial charge is 0.480 e. The second-order valence-corrected chi connectivity index (χ2v) is 6.94. The smallest absolute Gasteiger partial charge is 0.329 e. The zero-order valence-corrected chi connectivity index (χ0v) is 14.0. The van der Waals surface area contributed by atoms with Crippen LogP contribution >= 0.6 is 15.9 Å². The molecule has 0 spiro atoms. The lowest BCUT2D eigenvalue weighted by molar-refractivity contribution is -0.152. The van der Waals surface area contributed by atoms with Crippen LogP contribution < -0.4 is 10.2 Å². The Morgan fingerprint density at radius 2 is 2.00 bits per heavy atom. The molecule has 2 amide bonds. The maximum atomic E-state index is 12.4. The van der Waals surface area contributed by atoms with Gasteiger partial charge in [0, 0.05) is 17.4 Å². The van der Waals surface area contributed by atoms with Gasteiger partial charge in [-0.05, 0) is 47.3 Å². The molecule has 0 bridgehead atoms. The van der Waals surface area contributed by atoms with Crippen molar-refractivity contribution in [3.05, 3.63) is 28.7 Å². The van der Waals surface area contributed by atoms with Crippen molar-refractivity contribution in [3.63, 3.8) is 0 Å². The number of nitrogens with zero attached hydrogens (tertiary/aromatic N) is 1. The first-order valence-electron chi connectivity index (χ1n) is 7.53. The lowest BCUT2D eigenvalue weighted by Crippen LogP contribution is -2.60. The number of carboxylic acids is 1. The van der Waals surface area contributed by atoms with Crippen molar-refractivity contribution >= 4 is 39.4 Å². The van der Waals surface area contributed by atoms with Crippen molar-refractivity contribution in [2.24, 2.45) is 5.92 Å². The number of hydrogen-bond acceptors (Lipinski definition) is 3. The highest BCUT2D eigenvalue weighted by molar-refractivity contribution is 9.10. The van der Waals surface area contributed by atoms with Gasteiger partial charge in [-0.25, -0.2) is 4.79 Å². The van der Waals surface area contributed by atoms with E-state index in [2.05, 4.69) is 21.2 Å². The summed E-state index contributed by atoms with van der Waals surface area (Å²) in [4.78, 5) is 37.6. The molecule has 1 aromatic carbocycles. The number of anilines is 1. The molecule has 122 valence electrons. The van der Waals surface area contributed by atoms with Gasteiger partial charge in [0.25, 0.3) is 0 Å². The summed E-state index contributed by atoms with van der Waals surface area (Å²) in [6.07, 6.45) is 1.79. The summed E-state index contributed by atoms with van der Waals surface area (Å²) in [7, 11) is 0. The molecule has 1 heterocycles. The first-order chi connectivity index (χ1) is 10.9. The first-order valence-corrected chi connectivity index (χ1v) is 8.32. The van der Waals surface area contributed by atoms with Crippen molar-refractivity contribution in [1.29, 1.82) is 0 Å². The van der Waals surface area contributed by atoms with E-state index in [0.717, 1.165) is 16.6 Å². The Morgan fingerprint density at radius 3 is 2.57 bits per heavy atom. The molecular formula is C16H17BrN2O4. The van der Waals surface area contributed by atoms with E-state index in [4.69, 9.17) is 0 Å². The second-order valence-electron chi connectivity index (χ2n) is 6.09. The Morgan fingerprint density at radius 1 is 1.30 bits per heavy atom. The van der Waals surface area contributed by atoms with Crippen LogP contribution in [0.15, 0.2) is 28.7 Å². The average Bonchev–Trinajstić information content (AvgIpc) is 2.85. The van der Waals surface area contributed by atoms with Crippen molar-refractivity contribution in [1.82, 2.24) is 5.32 Å². The number of halogens is 1. The van der Waals surface area contributed by atoms with E-state index in [9.17, 15) is 19.5 Å². The van der Waals surface area contributed by atoms with Gasteiger partial charge in [-0.2, -0.15) is 0 Å². The molecule has 1 aliphatic heterocycles. The van der Waals surface area contributed by atoms with Crippen LogP contribution in [-0.4, -0.2) is 35.0 Å². The monoisotopic (exact) mass is 380 g/mol. The third kappa shape index (κ3) is 2.85. The van der Waals surface area contributed by atoms with E-state index < -0.39 is 17.4 Å². The predicted octanol–water partition coefficient (Wildman–Crippen LogP) is 1.93. The Hall–Kier alpha value is -1.89. The molecule has 23 heavy (non-hydrogen) atoms.